The predicted molar refractivity (Wildman–Crippen MR) is 116 cm³/mol. The van der Waals surface area contributed by atoms with E-state index in [-0.39, 0.29) is 6.61 Å². The fourth-order valence-electron chi connectivity index (χ4n) is 4.43. The van der Waals surface area contributed by atoms with Crippen LogP contribution in [-0.4, -0.2) is 54.5 Å². The van der Waals surface area contributed by atoms with Gasteiger partial charge in [-0.05, 0) is 43.7 Å². The van der Waals surface area contributed by atoms with Gasteiger partial charge in [-0.25, -0.2) is 9.78 Å². The normalized spacial score (nSPS) is 15.7. The quantitative estimate of drug-likeness (QED) is 0.563. The highest BCUT2D eigenvalue weighted by Crippen LogP contribution is 2.36. The van der Waals surface area contributed by atoms with Crippen molar-refractivity contribution in [2.24, 2.45) is 0 Å². The second-order valence-corrected chi connectivity index (χ2v) is 7.80. The highest BCUT2D eigenvalue weighted by atomic mass is 16.5. The number of nitrogens with zero attached hydrogens (tertiary/aromatic N) is 4. The van der Waals surface area contributed by atoms with E-state index in [9.17, 15) is 14.9 Å². The lowest BCUT2D eigenvalue weighted by Crippen LogP contribution is -2.51. The monoisotopic (exact) mass is 418 g/mol. The number of hydrogen-bond acceptors (Lipinski definition) is 6. The summed E-state index contributed by atoms with van der Waals surface area (Å²) in [4.78, 5) is 32.6. The molecule has 1 fully saturated rings. The maximum absolute atomic E-state index is 12.2. The van der Waals surface area contributed by atoms with Gasteiger partial charge in [-0.3, -0.25) is 4.79 Å². The van der Waals surface area contributed by atoms with Crippen LogP contribution < -0.4 is 4.90 Å². The molecule has 7 nitrogen and oxygen atoms in total. The lowest BCUT2D eigenvalue weighted by molar-refractivity contribution is -0.160. The molecule has 0 bridgehead atoms. The first-order valence-electron chi connectivity index (χ1n) is 10.9. The van der Waals surface area contributed by atoms with Crippen LogP contribution in [0.15, 0.2) is 30.3 Å². The molecule has 0 radical (unpaired) electrons. The van der Waals surface area contributed by atoms with Crippen LogP contribution in [-0.2, 0) is 27.2 Å². The minimum Gasteiger partial charge on any atom is -0.459 e. The van der Waals surface area contributed by atoms with Gasteiger partial charge in [0.15, 0.2) is 0 Å². The molecule has 0 unspecified atom stereocenters. The van der Waals surface area contributed by atoms with Crippen molar-refractivity contribution in [1.29, 1.82) is 5.26 Å². The van der Waals surface area contributed by atoms with Crippen LogP contribution in [0.4, 0.5) is 5.82 Å². The third-order valence-corrected chi connectivity index (χ3v) is 5.97. The third kappa shape index (κ3) is 4.11. The van der Waals surface area contributed by atoms with Crippen molar-refractivity contribution in [1.82, 2.24) is 9.88 Å². The van der Waals surface area contributed by atoms with Crippen molar-refractivity contribution >= 4 is 17.7 Å². The Labute approximate surface area is 182 Å². The fraction of sp³-hybridized carbons (Fsp3) is 0.417. The Morgan fingerprint density at radius 1 is 1.06 bits per heavy atom. The molecule has 7 heteroatoms. The Bertz CT molecular complexity index is 1020. The molecule has 2 aliphatic rings. The van der Waals surface area contributed by atoms with E-state index >= 15 is 0 Å². The minimum absolute atomic E-state index is 0.178. The summed E-state index contributed by atoms with van der Waals surface area (Å²) in [5.41, 5.74) is 4.97. The van der Waals surface area contributed by atoms with Crippen molar-refractivity contribution in [3.05, 3.63) is 47.0 Å². The van der Waals surface area contributed by atoms with E-state index in [1.54, 1.807) is 6.92 Å². The molecule has 1 amide bonds. The van der Waals surface area contributed by atoms with E-state index in [0.717, 1.165) is 42.5 Å². The Balaban J connectivity index is 1.65. The van der Waals surface area contributed by atoms with Crippen molar-refractivity contribution < 1.29 is 14.3 Å². The number of anilines is 1. The van der Waals surface area contributed by atoms with Gasteiger partial charge in [-0.1, -0.05) is 30.3 Å². The molecule has 4 rings (SSSR count). The Kier molecular flexibility index (Phi) is 6.17. The summed E-state index contributed by atoms with van der Waals surface area (Å²) in [7, 11) is 0. The molecule has 0 spiro atoms. The molecular weight excluding hydrogens is 392 g/mol. The van der Waals surface area contributed by atoms with E-state index in [4.69, 9.17) is 9.72 Å². The number of amides is 1. The molecule has 31 heavy (non-hydrogen) atoms. The van der Waals surface area contributed by atoms with Crippen LogP contribution in [0.3, 0.4) is 0 Å². The van der Waals surface area contributed by atoms with E-state index < -0.39 is 11.9 Å². The summed E-state index contributed by atoms with van der Waals surface area (Å²) in [6.45, 7) is 3.67. The van der Waals surface area contributed by atoms with Crippen LogP contribution in [0.2, 0.25) is 0 Å². The van der Waals surface area contributed by atoms with Crippen LogP contribution in [0, 0.1) is 11.3 Å². The van der Waals surface area contributed by atoms with Crippen LogP contribution in [0.25, 0.3) is 11.3 Å². The van der Waals surface area contributed by atoms with Crippen molar-refractivity contribution in [3.63, 3.8) is 0 Å². The first-order valence-corrected chi connectivity index (χ1v) is 10.9. The molecule has 1 aromatic heterocycles. The summed E-state index contributed by atoms with van der Waals surface area (Å²) in [6.07, 6.45) is 3.99. The molecule has 160 valence electrons. The van der Waals surface area contributed by atoms with E-state index in [1.807, 2.05) is 18.2 Å². The Morgan fingerprint density at radius 2 is 1.74 bits per heavy atom. The Hall–Kier alpha value is -3.40. The number of pyridine rings is 1. The summed E-state index contributed by atoms with van der Waals surface area (Å²) >= 11 is 0. The number of hydrogen-bond donors (Lipinski definition) is 0. The maximum Gasteiger partial charge on any atom is 0.397 e. The van der Waals surface area contributed by atoms with E-state index in [1.165, 1.54) is 10.5 Å². The number of esters is 1. The summed E-state index contributed by atoms with van der Waals surface area (Å²) in [6, 6.07) is 12.5. The van der Waals surface area contributed by atoms with Gasteiger partial charge in [0.05, 0.1) is 17.9 Å². The molecule has 0 atom stereocenters. The lowest BCUT2D eigenvalue weighted by Gasteiger charge is -2.36. The number of piperazine rings is 1. The van der Waals surface area contributed by atoms with Crippen molar-refractivity contribution in [2.45, 2.75) is 32.6 Å². The first kappa shape index (κ1) is 20.9. The summed E-state index contributed by atoms with van der Waals surface area (Å²) in [5, 5.41) is 10.00. The number of nitriles is 1. The molecule has 1 aliphatic heterocycles. The number of carbonyl (C=O) groups is 2. The van der Waals surface area contributed by atoms with Gasteiger partial charge in [0.25, 0.3) is 0 Å². The van der Waals surface area contributed by atoms with Gasteiger partial charge in [0.1, 0.15) is 11.9 Å². The van der Waals surface area contributed by atoms with Crippen LogP contribution in [0.5, 0.6) is 0 Å². The molecule has 1 aromatic carbocycles. The SMILES string of the molecule is CCOC(=O)C(=O)N1CCN(c2nc(-c3ccccc3)c3c(c2C#N)CCCC3)CC1. The zero-order valence-corrected chi connectivity index (χ0v) is 17.8. The largest absolute Gasteiger partial charge is 0.459 e. The zero-order valence-electron chi connectivity index (χ0n) is 17.8. The van der Waals surface area contributed by atoms with Crippen LogP contribution >= 0.6 is 0 Å². The van der Waals surface area contributed by atoms with Gasteiger partial charge in [0.2, 0.25) is 0 Å². The third-order valence-electron chi connectivity index (χ3n) is 5.97. The highest BCUT2D eigenvalue weighted by Gasteiger charge is 2.30. The van der Waals surface area contributed by atoms with Gasteiger partial charge >= 0.3 is 11.9 Å². The van der Waals surface area contributed by atoms with E-state index in [0.29, 0.717) is 37.6 Å². The van der Waals surface area contributed by atoms with Gasteiger partial charge in [0, 0.05) is 31.7 Å². The van der Waals surface area contributed by atoms with Gasteiger partial charge in [-0.15, -0.1) is 0 Å². The van der Waals surface area contributed by atoms with Crippen LogP contribution in [0.1, 0.15) is 36.5 Å². The average molecular weight is 418 g/mol. The molecular formula is C24H26N4O3. The summed E-state index contributed by atoms with van der Waals surface area (Å²) < 4.78 is 4.83. The second kappa shape index (κ2) is 9.17. The molecule has 2 heterocycles. The van der Waals surface area contributed by atoms with Crippen molar-refractivity contribution in [2.75, 3.05) is 37.7 Å². The minimum atomic E-state index is -0.813. The van der Waals surface area contributed by atoms with Gasteiger partial charge < -0.3 is 14.5 Å². The van der Waals surface area contributed by atoms with Gasteiger partial charge in [-0.2, -0.15) is 5.26 Å². The number of carbonyl (C=O) groups excluding carboxylic acids is 2. The smallest absolute Gasteiger partial charge is 0.397 e. The zero-order chi connectivity index (χ0) is 21.8. The Morgan fingerprint density at radius 3 is 2.39 bits per heavy atom. The van der Waals surface area contributed by atoms with Crippen molar-refractivity contribution in [3.8, 4) is 17.3 Å². The number of fused-ring (bicyclic) bond motifs is 1. The number of benzene rings is 1. The first-order chi connectivity index (χ1) is 15.1. The molecule has 0 saturated carbocycles. The second-order valence-electron chi connectivity index (χ2n) is 7.80. The van der Waals surface area contributed by atoms with E-state index in [2.05, 4.69) is 23.1 Å². The topological polar surface area (TPSA) is 86.5 Å². The average Bonchev–Trinajstić information content (AvgIpc) is 2.83. The maximum atomic E-state index is 12.2. The predicted octanol–water partition coefficient (Wildman–Crippen LogP) is 2.71. The molecule has 0 N–H and O–H groups in total. The highest BCUT2D eigenvalue weighted by molar-refractivity contribution is 6.32. The fourth-order valence-corrected chi connectivity index (χ4v) is 4.43. The molecule has 1 saturated heterocycles. The molecule has 2 aromatic rings. The number of aromatic nitrogens is 1. The standard InChI is InChI=1S/C24H26N4O3/c1-2-31-24(30)23(29)28-14-12-27(13-15-28)22-20(16-25)18-10-6-7-11-19(18)21(26-22)17-8-4-3-5-9-17/h3-5,8-9H,2,6-7,10-15H2,1H3. The number of rotatable bonds is 3. The number of ether oxygens (including phenoxy) is 1. The lowest BCUT2D eigenvalue weighted by atomic mass is 9.86. The summed E-state index contributed by atoms with van der Waals surface area (Å²) in [5.74, 6) is -0.734. The molecule has 1 aliphatic carbocycles.